The topological polar surface area (TPSA) is 286 Å². The summed E-state index contributed by atoms with van der Waals surface area (Å²) in [5, 5.41) is 30.9. The van der Waals surface area contributed by atoms with E-state index in [1.54, 1.807) is 12.2 Å². The molecule has 2 heterocycles. The van der Waals surface area contributed by atoms with Crippen LogP contribution in [0.5, 0.6) is 0 Å². The van der Waals surface area contributed by atoms with Crippen molar-refractivity contribution in [1.82, 2.24) is 9.55 Å². The van der Waals surface area contributed by atoms with Gasteiger partial charge in [-0.1, -0.05) is 139 Å². The van der Waals surface area contributed by atoms with Crippen LogP contribution in [-0.4, -0.2) is 96.9 Å². The first-order valence-electron chi connectivity index (χ1n) is 23.8. The fraction of sp³-hybridized carbons (Fsp3) is 0.660. The van der Waals surface area contributed by atoms with E-state index in [1.807, 2.05) is 36.5 Å². The number of hydrogen-bond acceptors (Lipinski definition) is 16. The summed E-state index contributed by atoms with van der Waals surface area (Å²) in [7, 11) is -10.9. The lowest BCUT2D eigenvalue weighted by molar-refractivity contribution is -0.161. The largest absolute Gasteiger partial charge is 0.481 e. The summed E-state index contributed by atoms with van der Waals surface area (Å²) < 4.78 is 56.5. The number of phosphoric acid groups is 2. The molecule has 1 saturated heterocycles. The van der Waals surface area contributed by atoms with Crippen molar-refractivity contribution in [3.8, 4) is 0 Å². The summed E-state index contributed by atoms with van der Waals surface area (Å²) in [5.74, 6) is -0.696. The third-order valence-corrected chi connectivity index (χ3v) is 13.0. The number of phosphoric ester groups is 2. The van der Waals surface area contributed by atoms with Gasteiger partial charge in [-0.3, -0.25) is 23.2 Å². The molecule has 2 rings (SSSR count). The number of hydrogen-bond donors (Lipinski definition) is 6. The highest BCUT2D eigenvalue weighted by atomic mass is 31.3. The third-order valence-electron chi connectivity index (χ3n) is 10.4. The van der Waals surface area contributed by atoms with Gasteiger partial charge >= 0.3 is 33.3 Å². The quantitative estimate of drug-likeness (QED) is 0.0121. The molecule has 7 N–H and O–H groups in total. The number of aromatic nitrogens is 2. The molecular weight excluding hydrogens is 924 g/mol. The Morgan fingerprint density at radius 3 is 2.15 bits per heavy atom. The van der Waals surface area contributed by atoms with Crippen LogP contribution in [0.1, 0.15) is 143 Å². The minimum atomic E-state index is -5.44. The second-order valence-electron chi connectivity index (χ2n) is 16.9. The summed E-state index contributed by atoms with van der Waals surface area (Å²) >= 11 is 0. The molecule has 1 aliphatic rings. The molecule has 3 unspecified atom stereocenters. The summed E-state index contributed by atoms with van der Waals surface area (Å²) in [4.78, 5) is 61.7. The predicted octanol–water partition coefficient (Wildman–Crippen LogP) is 7.99. The summed E-state index contributed by atoms with van der Waals surface area (Å²) in [5.41, 5.74) is 4.57. The first-order valence-corrected chi connectivity index (χ1v) is 26.8. The Labute approximate surface area is 401 Å². The number of carbonyl (C=O) groups excluding carboxylic acids is 2. The third kappa shape index (κ3) is 28.2. The summed E-state index contributed by atoms with van der Waals surface area (Å²) in [6.07, 6.45) is 26.6. The van der Waals surface area contributed by atoms with E-state index in [-0.39, 0.29) is 18.7 Å². The van der Waals surface area contributed by atoms with E-state index in [0.717, 1.165) is 55.2 Å². The molecule has 0 spiro atoms. The maximum absolute atomic E-state index is 12.8. The Morgan fingerprint density at radius 2 is 1.46 bits per heavy atom. The molecule has 0 aliphatic carbocycles. The Balaban J connectivity index is 1.86. The van der Waals surface area contributed by atoms with Gasteiger partial charge in [0.05, 0.1) is 19.3 Å². The standard InChI is InChI=1S/C47H77N3O16P2/c1-4-5-6-7-18-23-28-38(51)29-24-19-14-11-12-15-20-25-30-42(52)61-34-39(64-43(53)31-26-21-16-10-8-9-13-17-22-27-37(2)3)35-62-67(57,58)66-68(59,60)63-36-40-44(54)45(55)46(65-40)50-33-32-41(48)49-47(50)56/h5-6,12,14-15,18-19,23-24,29,32-33,37-40,44-46,51,54-55H,4,7-11,13,16-17,20-22,25-28,30-31,34-36H2,1-3H3,(H,57,58)(H,59,60)(H2,48,49,56)/b6-5-,15-12-,19-14-,23-18-,29-24+/t38?,39-,40-,44-,45-,46-/m1/s1. The number of nitrogen functional groups attached to an aromatic ring is 1. The molecule has 1 fully saturated rings. The van der Waals surface area contributed by atoms with E-state index in [0.29, 0.717) is 32.1 Å². The van der Waals surface area contributed by atoms with Crippen molar-refractivity contribution >= 4 is 33.4 Å². The van der Waals surface area contributed by atoms with Gasteiger partial charge < -0.3 is 45.1 Å². The van der Waals surface area contributed by atoms with E-state index in [9.17, 15) is 48.6 Å². The monoisotopic (exact) mass is 1000 g/mol. The first kappa shape index (κ1) is 60.5. The molecule has 1 aromatic heterocycles. The second kappa shape index (κ2) is 34.7. The van der Waals surface area contributed by atoms with Crippen LogP contribution in [0.2, 0.25) is 0 Å². The van der Waals surface area contributed by atoms with Crippen LogP contribution in [0, 0.1) is 5.92 Å². The zero-order valence-electron chi connectivity index (χ0n) is 39.9. The number of carbonyl (C=O) groups is 2. The highest BCUT2D eigenvalue weighted by molar-refractivity contribution is 7.61. The van der Waals surface area contributed by atoms with E-state index >= 15 is 0 Å². The van der Waals surface area contributed by atoms with Crippen molar-refractivity contribution in [3.63, 3.8) is 0 Å². The lowest BCUT2D eigenvalue weighted by Crippen LogP contribution is -2.36. The molecule has 8 atom stereocenters. The SMILES string of the molecule is CC/C=C\C/C=C\CC(O)/C=C/C=C\C/C=C\CCCC(=O)OC[C@H](COP(=O)(O)OP(=O)(O)OC[C@H]1O[C@@H](n2ccc(N)nc2=O)[C@H](O)[C@@H]1O)OC(=O)CCCCCCCCCCCC(C)C. The second-order valence-corrected chi connectivity index (χ2v) is 20.0. The van der Waals surface area contributed by atoms with Crippen LogP contribution in [0.3, 0.4) is 0 Å². The van der Waals surface area contributed by atoms with Crippen molar-refractivity contribution in [3.05, 3.63) is 83.5 Å². The van der Waals surface area contributed by atoms with Crippen LogP contribution < -0.4 is 11.4 Å². The van der Waals surface area contributed by atoms with E-state index in [4.69, 9.17) is 29.0 Å². The molecule has 1 aromatic rings. The van der Waals surface area contributed by atoms with Gasteiger partial charge in [0.15, 0.2) is 12.3 Å². The maximum Gasteiger partial charge on any atom is 0.481 e. The van der Waals surface area contributed by atoms with Crippen molar-refractivity contribution in [1.29, 1.82) is 0 Å². The van der Waals surface area contributed by atoms with Crippen LogP contribution in [-0.2, 0) is 46.3 Å². The zero-order valence-corrected chi connectivity index (χ0v) is 41.7. The molecule has 21 heteroatoms. The molecule has 0 aromatic carbocycles. The zero-order chi connectivity index (χ0) is 50.2. The molecule has 0 radical (unpaired) electrons. The lowest BCUT2D eigenvalue weighted by Gasteiger charge is -2.21. The van der Waals surface area contributed by atoms with Gasteiger partial charge in [0, 0.05) is 19.0 Å². The smallest absolute Gasteiger partial charge is 0.462 e. The number of nitrogens with zero attached hydrogens (tertiary/aromatic N) is 2. The van der Waals surface area contributed by atoms with Gasteiger partial charge in [0.2, 0.25) is 0 Å². The molecular formula is C47H77N3O16P2. The average Bonchev–Trinajstić information content (AvgIpc) is 3.55. The van der Waals surface area contributed by atoms with Crippen LogP contribution in [0.25, 0.3) is 0 Å². The van der Waals surface area contributed by atoms with Gasteiger partial charge in [-0.15, -0.1) is 0 Å². The first-order chi connectivity index (χ1) is 32.4. The van der Waals surface area contributed by atoms with Crippen LogP contribution >= 0.6 is 15.6 Å². The number of ether oxygens (including phenoxy) is 3. The fourth-order valence-electron chi connectivity index (χ4n) is 6.68. The summed E-state index contributed by atoms with van der Waals surface area (Å²) in [6.45, 7) is 4.13. The predicted molar refractivity (Wildman–Crippen MR) is 258 cm³/mol. The van der Waals surface area contributed by atoms with E-state index < -0.39 is 89.8 Å². The Kier molecular flexibility index (Phi) is 30.9. The van der Waals surface area contributed by atoms with E-state index in [2.05, 4.69) is 42.2 Å². The molecule has 0 amide bonds. The molecule has 19 nitrogen and oxygen atoms in total. The number of rotatable bonds is 37. The van der Waals surface area contributed by atoms with Gasteiger partial charge in [-0.2, -0.15) is 9.29 Å². The number of aliphatic hydroxyl groups excluding tert-OH is 3. The van der Waals surface area contributed by atoms with E-state index in [1.165, 1.54) is 38.2 Å². The minimum Gasteiger partial charge on any atom is -0.462 e. The number of anilines is 1. The van der Waals surface area contributed by atoms with Crippen molar-refractivity contribution in [2.75, 3.05) is 25.6 Å². The Bertz CT molecular complexity index is 1900. The Hall–Kier alpha value is -3.58. The Morgan fingerprint density at radius 1 is 0.824 bits per heavy atom. The minimum absolute atomic E-state index is 0.0149. The number of esters is 2. The molecule has 68 heavy (non-hydrogen) atoms. The molecule has 1 aliphatic heterocycles. The lowest BCUT2D eigenvalue weighted by atomic mass is 10.0. The van der Waals surface area contributed by atoms with Crippen molar-refractivity contribution in [2.45, 2.75) is 173 Å². The van der Waals surface area contributed by atoms with Gasteiger partial charge in [0.25, 0.3) is 0 Å². The highest BCUT2D eigenvalue weighted by Gasteiger charge is 2.46. The van der Waals surface area contributed by atoms with Crippen molar-refractivity contribution in [2.24, 2.45) is 5.92 Å². The van der Waals surface area contributed by atoms with Gasteiger partial charge in [-0.05, 0) is 56.9 Å². The number of allylic oxidation sites excluding steroid dienone is 8. The number of aliphatic hydroxyl groups is 3. The molecule has 0 saturated carbocycles. The molecule has 386 valence electrons. The van der Waals surface area contributed by atoms with Crippen LogP contribution in [0.15, 0.2) is 77.8 Å². The maximum atomic E-state index is 12.8. The van der Waals surface area contributed by atoms with Gasteiger partial charge in [-0.25, -0.2) is 13.9 Å². The molecule has 0 bridgehead atoms. The summed E-state index contributed by atoms with van der Waals surface area (Å²) in [6, 6.07) is 1.24. The van der Waals surface area contributed by atoms with Crippen LogP contribution in [0.4, 0.5) is 5.82 Å². The average molecular weight is 1000 g/mol. The fourth-order valence-corrected chi connectivity index (χ4v) is 8.79. The van der Waals surface area contributed by atoms with Crippen molar-refractivity contribution < 1.29 is 71.4 Å². The normalized spacial score (nSPS) is 20.5. The van der Waals surface area contributed by atoms with Gasteiger partial charge in [0.1, 0.15) is 30.7 Å². The number of unbranched alkanes of at least 4 members (excludes halogenated alkanes) is 9. The highest BCUT2D eigenvalue weighted by Crippen LogP contribution is 2.60. The number of nitrogens with two attached hydrogens (primary N) is 1.